The Hall–Kier alpha value is -3.11. The molecule has 1 aliphatic heterocycles. The van der Waals surface area contributed by atoms with Gasteiger partial charge >= 0.3 is 5.69 Å². The van der Waals surface area contributed by atoms with Crippen molar-refractivity contribution < 1.29 is 14.3 Å². The summed E-state index contributed by atoms with van der Waals surface area (Å²) in [7, 11) is 1.49. The number of carbonyl (C=O) groups is 2. The molecule has 1 aromatic heterocycles. The molecule has 0 spiro atoms. The molecule has 0 radical (unpaired) electrons. The van der Waals surface area contributed by atoms with Gasteiger partial charge < -0.3 is 20.3 Å². The number of piperidine rings is 1. The van der Waals surface area contributed by atoms with Crippen LogP contribution in [0.5, 0.6) is 0 Å². The van der Waals surface area contributed by atoms with Crippen LogP contribution in [-0.4, -0.2) is 59.6 Å². The van der Waals surface area contributed by atoms with E-state index in [1.807, 2.05) is 6.92 Å². The van der Waals surface area contributed by atoms with Crippen LogP contribution in [0.4, 0.5) is 11.5 Å². The number of aromatic amines is 1. The molecule has 2 heterocycles. The number of amides is 2. The number of rotatable bonds is 9. The number of ether oxygens (including phenoxy) is 1. The van der Waals surface area contributed by atoms with Gasteiger partial charge in [0.25, 0.3) is 11.5 Å². The molecule has 1 saturated heterocycles. The number of likely N-dealkylation sites (tertiary alicyclic amines) is 1. The quantitative estimate of drug-likeness (QED) is 0.536. The van der Waals surface area contributed by atoms with Crippen LogP contribution in [0.3, 0.4) is 0 Å². The van der Waals surface area contributed by atoms with Crippen LogP contribution in [0.15, 0.2) is 33.9 Å². The average molecular weight is 506 g/mol. The monoisotopic (exact) mass is 505 g/mol. The number of halogens is 1. The summed E-state index contributed by atoms with van der Waals surface area (Å²) in [4.78, 5) is 57.1. The molecule has 10 nitrogen and oxygen atoms in total. The van der Waals surface area contributed by atoms with Gasteiger partial charge in [0, 0.05) is 43.9 Å². The molecule has 0 unspecified atom stereocenters. The highest BCUT2D eigenvalue weighted by atomic mass is 35.5. The zero-order valence-corrected chi connectivity index (χ0v) is 20.8. The van der Waals surface area contributed by atoms with E-state index in [1.165, 1.54) is 16.6 Å². The fourth-order valence-corrected chi connectivity index (χ4v) is 4.38. The topological polar surface area (TPSA) is 131 Å². The third kappa shape index (κ3) is 6.12. The van der Waals surface area contributed by atoms with Crippen molar-refractivity contribution in [1.29, 1.82) is 0 Å². The second-order valence-electron chi connectivity index (χ2n) is 8.58. The number of unbranched alkanes of at least 4 members (excludes halogenated alkanes) is 1. The smallest absolute Gasteiger partial charge is 0.330 e. The van der Waals surface area contributed by atoms with Crippen molar-refractivity contribution in [3.05, 3.63) is 55.7 Å². The van der Waals surface area contributed by atoms with Crippen LogP contribution in [0.1, 0.15) is 43.0 Å². The van der Waals surface area contributed by atoms with Crippen LogP contribution >= 0.6 is 11.6 Å². The Balaban J connectivity index is 1.90. The molecule has 0 bridgehead atoms. The van der Waals surface area contributed by atoms with E-state index in [1.54, 1.807) is 29.2 Å². The van der Waals surface area contributed by atoms with Crippen LogP contribution < -0.4 is 21.9 Å². The summed E-state index contributed by atoms with van der Waals surface area (Å²) in [5.74, 6) is -1.12. The van der Waals surface area contributed by atoms with E-state index in [0.29, 0.717) is 42.9 Å². The van der Waals surface area contributed by atoms with Gasteiger partial charge in [-0.2, -0.15) is 0 Å². The Morgan fingerprint density at radius 1 is 1.26 bits per heavy atom. The second kappa shape index (κ2) is 12.0. The van der Waals surface area contributed by atoms with Gasteiger partial charge in [0.2, 0.25) is 5.91 Å². The minimum absolute atomic E-state index is 0.0541. The van der Waals surface area contributed by atoms with Crippen LogP contribution in [0.2, 0.25) is 5.02 Å². The average Bonchev–Trinajstić information content (AvgIpc) is 2.85. The summed E-state index contributed by atoms with van der Waals surface area (Å²) in [5, 5.41) is 0.533. The van der Waals surface area contributed by atoms with Crippen molar-refractivity contribution >= 4 is 34.9 Å². The van der Waals surface area contributed by atoms with E-state index in [-0.39, 0.29) is 43.0 Å². The highest BCUT2D eigenvalue weighted by molar-refractivity contribution is 6.30. The second-order valence-corrected chi connectivity index (χ2v) is 9.01. The number of hydrogen-bond donors (Lipinski definition) is 2. The van der Waals surface area contributed by atoms with Crippen LogP contribution in [0.25, 0.3) is 0 Å². The normalized spacial score (nSPS) is 15.7. The molecular weight excluding hydrogens is 474 g/mol. The fraction of sp³-hybridized carbons (Fsp3) is 0.500. The van der Waals surface area contributed by atoms with E-state index in [9.17, 15) is 19.2 Å². The number of aromatic nitrogens is 2. The largest absolute Gasteiger partial charge is 0.383 e. The maximum Gasteiger partial charge on any atom is 0.330 e. The van der Waals surface area contributed by atoms with Crippen molar-refractivity contribution in [2.75, 3.05) is 44.0 Å². The van der Waals surface area contributed by atoms with E-state index in [0.717, 1.165) is 6.42 Å². The van der Waals surface area contributed by atoms with Crippen molar-refractivity contribution in [3.63, 3.8) is 0 Å². The molecule has 2 amide bonds. The molecule has 11 heteroatoms. The number of H-pyrrole nitrogens is 1. The van der Waals surface area contributed by atoms with E-state index < -0.39 is 17.2 Å². The highest BCUT2D eigenvalue weighted by Gasteiger charge is 2.34. The Kier molecular flexibility index (Phi) is 9.11. The van der Waals surface area contributed by atoms with Gasteiger partial charge in [0.1, 0.15) is 5.82 Å². The predicted octanol–water partition coefficient (Wildman–Crippen LogP) is 2.10. The molecular formula is C24H32ClN5O5. The van der Waals surface area contributed by atoms with Gasteiger partial charge in [-0.1, -0.05) is 24.9 Å². The van der Waals surface area contributed by atoms with E-state index in [2.05, 4.69) is 4.98 Å². The highest BCUT2D eigenvalue weighted by Crippen LogP contribution is 2.25. The summed E-state index contributed by atoms with van der Waals surface area (Å²) in [5.41, 5.74) is 5.35. The lowest BCUT2D eigenvalue weighted by atomic mass is 9.95. The number of nitrogens with two attached hydrogens (primary N) is 1. The molecule has 1 aromatic carbocycles. The van der Waals surface area contributed by atoms with Gasteiger partial charge in [-0.05, 0) is 43.5 Å². The number of benzene rings is 1. The SMILES string of the molecule is CCCCn1c(N)c(N(CCOC)C(=O)[C@H]2CCCN(C(=O)c3ccc(Cl)cc3)C2)c(=O)[nH]c1=O. The zero-order chi connectivity index (χ0) is 25.5. The summed E-state index contributed by atoms with van der Waals surface area (Å²) in [6.45, 7) is 3.27. The van der Waals surface area contributed by atoms with E-state index >= 15 is 0 Å². The maximum absolute atomic E-state index is 13.7. The molecule has 1 aliphatic rings. The molecule has 2 aromatic rings. The van der Waals surface area contributed by atoms with Gasteiger partial charge in [-0.25, -0.2) is 4.79 Å². The maximum atomic E-state index is 13.7. The van der Waals surface area contributed by atoms with Gasteiger partial charge in [0.15, 0.2) is 5.69 Å². The molecule has 3 rings (SSSR count). The molecule has 35 heavy (non-hydrogen) atoms. The lowest BCUT2D eigenvalue weighted by molar-refractivity contribution is -0.123. The molecule has 0 aliphatic carbocycles. The molecule has 1 fully saturated rings. The van der Waals surface area contributed by atoms with E-state index in [4.69, 9.17) is 22.1 Å². The Morgan fingerprint density at radius 2 is 1.97 bits per heavy atom. The van der Waals surface area contributed by atoms with Gasteiger partial charge in [-0.3, -0.25) is 23.9 Å². The first-order chi connectivity index (χ1) is 16.8. The van der Waals surface area contributed by atoms with Crippen molar-refractivity contribution in [1.82, 2.24) is 14.5 Å². The van der Waals surface area contributed by atoms with Crippen molar-refractivity contribution in [2.24, 2.45) is 5.92 Å². The first kappa shape index (κ1) is 26.5. The Labute approximate surface area is 208 Å². The number of hydrogen-bond acceptors (Lipinski definition) is 6. The summed E-state index contributed by atoms with van der Waals surface area (Å²) in [6, 6.07) is 6.61. The number of carbonyl (C=O) groups excluding carboxylic acids is 2. The van der Waals surface area contributed by atoms with Crippen molar-refractivity contribution in [2.45, 2.75) is 39.2 Å². The number of anilines is 2. The first-order valence-corrected chi connectivity index (χ1v) is 12.1. The van der Waals surface area contributed by atoms with Gasteiger partial charge in [0.05, 0.1) is 12.5 Å². The Bertz CT molecular complexity index is 1160. The summed E-state index contributed by atoms with van der Waals surface area (Å²) >= 11 is 5.93. The lowest BCUT2D eigenvalue weighted by Crippen LogP contribution is -2.49. The molecule has 190 valence electrons. The minimum Gasteiger partial charge on any atom is -0.383 e. The first-order valence-electron chi connectivity index (χ1n) is 11.8. The minimum atomic E-state index is -0.727. The van der Waals surface area contributed by atoms with Crippen molar-refractivity contribution in [3.8, 4) is 0 Å². The number of nitrogens with zero attached hydrogens (tertiary/aromatic N) is 3. The zero-order valence-electron chi connectivity index (χ0n) is 20.1. The molecule has 0 saturated carbocycles. The molecule has 1 atom stereocenters. The summed E-state index contributed by atoms with van der Waals surface area (Å²) < 4.78 is 6.45. The Morgan fingerprint density at radius 3 is 2.63 bits per heavy atom. The van der Waals surface area contributed by atoms with Gasteiger partial charge in [-0.15, -0.1) is 0 Å². The standard InChI is InChI=1S/C24H32ClN5O5/c1-3-4-12-30-20(26)19(21(31)27-24(30)34)29(13-14-35-2)23(33)17-6-5-11-28(15-17)22(32)16-7-9-18(25)10-8-16/h7-10,17H,3-6,11-15,26H2,1-2H3,(H,27,31,34)/t17-/m0/s1. The van der Waals surface area contributed by atoms with Crippen LogP contribution in [-0.2, 0) is 16.1 Å². The third-order valence-electron chi connectivity index (χ3n) is 6.15. The fourth-order valence-electron chi connectivity index (χ4n) is 4.25. The number of nitrogen functional groups attached to an aromatic ring is 1. The molecule has 3 N–H and O–H groups in total. The number of nitrogens with one attached hydrogen (secondary N) is 1. The predicted molar refractivity (Wildman–Crippen MR) is 135 cm³/mol. The van der Waals surface area contributed by atoms with Crippen LogP contribution in [0, 0.1) is 5.92 Å². The number of methoxy groups -OCH3 is 1. The lowest BCUT2D eigenvalue weighted by Gasteiger charge is -2.35. The summed E-state index contributed by atoms with van der Waals surface area (Å²) in [6.07, 6.45) is 2.70. The third-order valence-corrected chi connectivity index (χ3v) is 6.41.